The van der Waals surface area contributed by atoms with Gasteiger partial charge in [0.15, 0.2) is 0 Å². The van der Waals surface area contributed by atoms with Crippen LogP contribution in [0.25, 0.3) is 0 Å². The fraction of sp³-hybridized carbons (Fsp3) is 0.0714. The molecule has 0 aliphatic rings. The SMILES string of the molecule is Nc1ccc(C(=O)O)c(SCc2ccc(Cl)cc2)c1. The fourth-order valence-electron chi connectivity index (χ4n) is 1.58. The molecule has 0 saturated heterocycles. The van der Waals surface area contributed by atoms with Crippen molar-refractivity contribution in [1.29, 1.82) is 0 Å². The second kappa shape index (κ2) is 5.99. The van der Waals surface area contributed by atoms with Gasteiger partial charge in [0.1, 0.15) is 0 Å². The van der Waals surface area contributed by atoms with Crippen molar-refractivity contribution in [3.8, 4) is 0 Å². The van der Waals surface area contributed by atoms with Gasteiger partial charge in [-0.3, -0.25) is 0 Å². The maximum absolute atomic E-state index is 11.1. The number of halogens is 1. The van der Waals surface area contributed by atoms with Crippen molar-refractivity contribution in [2.75, 3.05) is 5.73 Å². The van der Waals surface area contributed by atoms with Gasteiger partial charge in [0.2, 0.25) is 0 Å². The van der Waals surface area contributed by atoms with Gasteiger partial charge in [-0.1, -0.05) is 23.7 Å². The molecular formula is C14H12ClNO2S. The van der Waals surface area contributed by atoms with Crippen molar-refractivity contribution in [3.63, 3.8) is 0 Å². The number of aromatic carboxylic acids is 1. The lowest BCUT2D eigenvalue weighted by Gasteiger charge is -2.07. The van der Waals surface area contributed by atoms with Gasteiger partial charge in [0.25, 0.3) is 0 Å². The summed E-state index contributed by atoms with van der Waals surface area (Å²) in [5, 5.41) is 9.80. The van der Waals surface area contributed by atoms with E-state index in [4.69, 9.17) is 22.4 Å². The van der Waals surface area contributed by atoms with E-state index in [-0.39, 0.29) is 5.56 Å². The molecule has 0 radical (unpaired) electrons. The average molecular weight is 294 g/mol. The van der Waals surface area contributed by atoms with Crippen LogP contribution in [-0.2, 0) is 5.75 Å². The highest BCUT2D eigenvalue weighted by atomic mass is 35.5. The standard InChI is InChI=1S/C14H12ClNO2S/c15-10-3-1-9(2-4-10)8-19-13-7-11(16)5-6-12(13)14(17)18/h1-7H,8,16H2,(H,17,18). The second-order valence-corrected chi connectivity index (χ2v) is 5.43. The minimum absolute atomic E-state index is 0.271. The summed E-state index contributed by atoms with van der Waals surface area (Å²) in [6.45, 7) is 0. The number of carbonyl (C=O) groups is 1. The molecule has 0 unspecified atom stereocenters. The number of hydrogen-bond acceptors (Lipinski definition) is 3. The highest BCUT2D eigenvalue weighted by molar-refractivity contribution is 7.98. The van der Waals surface area contributed by atoms with Crippen LogP contribution in [0.4, 0.5) is 5.69 Å². The largest absolute Gasteiger partial charge is 0.478 e. The summed E-state index contributed by atoms with van der Waals surface area (Å²) < 4.78 is 0. The lowest BCUT2D eigenvalue weighted by molar-refractivity contribution is 0.0693. The molecule has 2 rings (SSSR count). The first-order chi connectivity index (χ1) is 9.06. The molecule has 0 heterocycles. The molecule has 3 nitrogen and oxygen atoms in total. The van der Waals surface area contributed by atoms with E-state index in [1.807, 2.05) is 24.3 Å². The second-order valence-electron chi connectivity index (χ2n) is 3.98. The van der Waals surface area contributed by atoms with E-state index in [1.165, 1.54) is 17.8 Å². The van der Waals surface area contributed by atoms with Crippen LogP contribution in [-0.4, -0.2) is 11.1 Å². The highest BCUT2D eigenvalue weighted by Crippen LogP contribution is 2.28. The molecule has 0 spiro atoms. The maximum atomic E-state index is 11.1. The third-order valence-corrected chi connectivity index (χ3v) is 3.92. The molecule has 98 valence electrons. The first-order valence-electron chi connectivity index (χ1n) is 5.56. The average Bonchev–Trinajstić information content (AvgIpc) is 2.38. The number of benzene rings is 2. The van der Waals surface area contributed by atoms with Crippen LogP contribution in [0.5, 0.6) is 0 Å². The van der Waals surface area contributed by atoms with Gasteiger partial charge in [-0.05, 0) is 35.9 Å². The molecule has 0 amide bonds. The molecule has 0 saturated carbocycles. The summed E-state index contributed by atoms with van der Waals surface area (Å²) in [5.41, 5.74) is 7.60. The third kappa shape index (κ3) is 3.66. The first-order valence-corrected chi connectivity index (χ1v) is 6.92. The number of rotatable bonds is 4. The molecule has 0 aliphatic carbocycles. The van der Waals surface area contributed by atoms with Crippen LogP contribution in [0.2, 0.25) is 5.02 Å². The molecule has 19 heavy (non-hydrogen) atoms. The Balaban J connectivity index is 2.16. The Morgan fingerprint density at radius 2 is 1.89 bits per heavy atom. The summed E-state index contributed by atoms with van der Waals surface area (Å²) in [6, 6.07) is 12.3. The Bertz CT molecular complexity index is 599. The van der Waals surface area contributed by atoms with E-state index >= 15 is 0 Å². The van der Waals surface area contributed by atoms with Gasteiger partial charge in [-0.15, -0.1) is 11.8 Å². The van der Waals surface area contributed by atoms with Crippen molar-refractivity contribution in [1.82, 2.24) is 0 Å². The van der Waals surface area contributed by atoms with Crippen molar-refractivity contribution >= 4 is 35.0 Å². The van der Waals surface area contributed by atoms with Gasteiger partial charge in [-0.2, -0.15) is 0 Å². The number of thioether (sulfide) groups is 1. The molecular weight excluding hydrogens is 282 g/mol. The van der Waals surface area contributed by atoms with Crippen molar-refractivity contribution in [2.45, 2.75) is 10.6 Å². The van der Waals surface area contributed by atoms with Crippen LogP contribution < -0.4 is 5.73 Å². The van der Waals surface area contributed by atoms with Gasteiger partial charge in [-0.25, -0.2) is 4.79 Å². The lowest BCUT2D eigenvalue weighted by Crippen LogP contribution is -2.00. The molecule has 0 fully saturated rings. The number of nitrogens with two attached hydrogens (primary N) is 1. The van der Waals surface area contributed by atoms with Crippen LogP contribution in [0.15, 0.2) is 47.4 Å². The van der Waals surface area contributed by atoms with Crippen LogP contribution in [0.3, 0.4) is 0 Å². The Morgan fingerprint density at radius 1 is 1.21 bits per heavy atom. The molecule has 0 atom stereocenters. The Labute approximate surface area is 120 Å². The molecule has 0 aliphatic heterocycles. The summed E-state index contributed by atoms with van der Waals surface area (Å²) in [4.78, 5) is 11.8. The maximum Gasteiger partial charge on any atom is 0.336 e. The van der Waals surface area contributed by atoms with Gasteiger partial charge < -0.3 is 10.8 Å². The highest BCUT2D eigenvalue weighted by Gasteiger charge is 2.10. The lowest BCUT2D eigenvalue weighted by atomic mass is 10.2. The van der Waals surface area contributed by atoms with E-state index in [2.05, 4.69) is 0 Å². The zero-order valence-corrected chi connectivity index (χ0v) is 11.5. The zero-order valence-electron chi connectivity index (χ0n) is 9.97. The predicted molar refractivity (Wildman–Crippen MR) is 78.8 cm³/mol. The van der Waals surface area contributed by atoms with E-state index < -0.39 is 5.97 Å². The Morgan fingerprint density at radius 3 is 2.53 bits per heavy atom. The Hall–Kier alpha value is -1.65. The van der Waals surface area contributed by atoms with Crippen LogP contribution in [0.1, 0.15) is 15.9 Å². The number of nitrogen functional groups attached to an aromatic ring is 1. The van der Waals surface area contributed by atoms with E-state index in [0.29, 0.717) is 21.4 Å². The summed E-state index contributed by atoms with van der Waals surface area (Å²) in [5.74, 6) is -0.278. The number of carboxylic acids is 1. The third-order valence-electron chi connectivity index (χ3n) is 2.54. The van der Waals surface area contributed by atoms with Crippen molar-refractivity contribution in [2.24, 2.45) is 0 Å². The van der Waals surface area contributed by atoms with E-state index in [0.717, 1.165) is 5.56 Å². The van der Waals surface area contributed by atoms with Gasteiger partial charge in [0, 0.05) is 21.4 Å². The molecule has 0 bridgehead atoms. The van der Waals surface area contributed by atoms with E-state index in [1.54, 1.807) is 12.1 Å². The fourth-order valence-corrected chi connectivity index (χ4v) is 2.75. The minimum Gasteiger partial charge on any atom is -0.478 e. The van der Waals surface area contributed by atoms with Crippen LogP contribution in [0, 0.1) is 0 Å². The first kappa shape index (κ1) is 13.8. The zero-order chi connectivity index (χ0) is 13.8. The van der Waals surface area contributed by atoms with Gasteiger partial charge in [0.05, 0.1) is 5.56 Å². The normalized spacial score (nSPS) is 10.4. The number of carboxylic acid groups (broad SMARTS) is 1. The number of anilines is 1. The summed E-state index contributed by atoms with van der Waals surface area (Å²) >= 11 is 7.26. The quantitative estimate of drug-likeness (QED) is 0.662. The smallest absolute Gasteiger partial charge is 0.336 e. The molecule has 3 N–H and O–H groups in total. The monoisotopic (exact) mass is 293 g/mol. The topological polar surface area (TPSA) is 63.3 Å². The minimum atomic E-state index is -0.946. The van der Waals surface area contributed by atoms with Crippen molar-refractivity contribution < 1.29 is 9.90 Å². The van der Waals surface area contributed by atoms with Gasteiger partial charge >= 0.3 is 5.97 Å². The van der Waals surface area contributed by atoms with E-state index in [9.17, 15) is 4.79 Å². The van der Waals surface area contributed by atoms with Crippen LogP contribution >= 0.6 is 23.4 Å². The number of hydrogen-bond donors (Lipinski definition) is 2. The molecule has 2 aromatic carbocycles. The molecule has 0 aromatic heterocycles. The predicted octanol–water partition coefficient (Wildman–Crippen LogP) is 3.91. The Kier molecular flexibility index (Phi) is 4.35. The summed E-state index contributed by atoms with van der Waals surface area (Å²) in [6.07, 6.45) is 0. The summed E-state index contributed by atoms with van der Waals surface area (Å²) in [7, 11) is 0. The molecule has 5 heteroatoms. The molecule has 2 aromatic rings. The van der Waals surface area contributed by atoms with Crippen molar-refractivity contribution in [3.05, 3.63) is 58.6 Å².